The number of ether oxygens (including phenoxy) is 1. The van der Waals surface area contributed by atoms with Crippen LogP contribution in [0.5, 0.6) is 5.75 Å². The molecule has 0 amide bonds. The highest BCUT2D eigenvalue weighted by atomic mass is 16.5. The number of benzene rings is 1. The van der Waals surface area contributed by atoms with Crippen molar-refractivity contribution in [3.8, 4) is 5.75 Å². The van der Waals surface area contributed by atoms with Gasteiger partial charge in [-0.25, -0.2) is 0 Å². The van der Waals surface area contributed by atoms with E-state index in [-0.39, 0.29) is 0 Å². The molecule has 0 atom stereocenters. The van der Waals surface area contributed by atoms with Gasteiger partial charge < -0.3 is 4.74 Å². The first-order valence-electron chi connectivity index (χ1n) is 8.21. The average Bonchev–Trinajstić information content (AvgIpc) is 2.91. The molecule has 0 bridgehead atoms. The maximum Gasteiger partial charge on any atom is 0.124 e. The van der Waals surface area contributed by atoms with Crippen molar-refractivity contribution in [3.63, 3.8) is 0 Å². The first-order valence-corrected chi connectivity index (χ1v) is 8.21. The first-order chi connectivity index (χ1) is 10.2. The second kappa shape index (κ2) is 6.97. The van der Waals surface area contributed by atoms with Crippen LogP contribution in [0.1, 0.15) is 58.1 Å². The van der Waals surface area contributed by atoms with Crippen LogP contribution < -0.4 is 4.74 Å². The molecular formula is C18H28N2O. The summed E-state index contributed by atoms with van der Waals surface area (Å²) in [4.78, 5) is 0. The summed E-state index contributed by atoms with van der Waals surface area (Å²) in [6, 6.07) is 4.80. The van der Waals surface area contributed by atoms with Crippen molar-refractivity contribution >= 4 is 10.9 Å². The normalized spacial score (nSPS) is 21.8. The number of aromatic nitrogens is 2. The fourth-order valence-electron chi connectivity index (χ4n) is 3.10. The highest BCUT2D eigenvalue weighted by Crippen LogP contribution is 2.33. The van der Waals surface area contributed by atoms with Crippen LogP contribution >= 0.6 is 0 Å². The Balaban J connectivity index is 0.000000774. The number of hydrogen-bond acceptors (Lipinski definition) is 2. The molecule has 0 saturated heterocycles. The van der Waals surface area contributed by atoms with Gasteiger partial charge in [-0.2, -0.15) is 5.10 Å². The van der Waals surface area contributed by atoms with E-state index < -0.39 is 0 Å². The molecule has 1 saturated carbocycles. The van der Waals surface area contributed by atoms with Gasteiger partial charge in [0.25, 0.3) is 0 Å². The SMILES string of the molecule is CC.COc1cc2nn(C3CCC(C)CC3)cc2cc1C. The second-order valence-corrected chi connectivity index (χ2v) is 5.90. The third-order valence-corrected chi connectivity index (χ3v) is 4.40. The Bertz CT molecular complexity index is 580. The zero-order valence-corrected chi connectivity index (χ0v) is 14.0. The largest absolute Gasteiger partial charge is 0.496 e. The third kappa shape index (κ3) is 3.39. The summed E-state index contributed by atoms with van der Waals surface area (Å²) >= 11 is 0. The van der Waals surface area contributed by atoms with Crippen LogP contribution in [0, 0.1) is 12.8 Å². The molecule has 1 fully saturated rings. The number of nitrogens with zero attached hydrogens (tertiary/aromatic N) is 2. The van der Waals surface area contributed by atoms with Crippen LogP contribution in [-0.4, -0.2) is 16.9 Å². The van der Waals surface area contributed by atoms with Gasteiger partial charge in [0.2, 0.25) is 0 Å². The van der Waals surface area contributed by atoms with Crippen molar-refractivity contribution in [2.45, 2.75) is 59.4 Å². The molecule has 1 heterocycles. The van der Waals surface area contributed by atoms with Crippen molar-refractivity contribution in [2.75, 3.05) is 7.11 Å². The molecule has 3 nitrogen and oxygen atoms in total. The molecule has 0 aliphatic heterocycles. The Morgan fingerprint density at radius 2 is 1.81 bits per heavy atom. The number of hydrogen-bond donors (Lipinski definition) is 0. The van der Waals surface area contributed by atoms with Gasteiger partial charge in [-0.3, -0.25) is 4.68 Å². The smallest absolute Gasteiger partial charge is 0.124 e. The van der Waals surface area contributed by atoms with Gasteiger partial charge in [-0.1, -0.05) is 20.8 Å². The lowest BCUT2D eigenvalue weighted by atomic mass is 9.87. The first kappa shape index (κ1) is 15.9. The van der Waals surface area contributed by atoms with E-state index in [0.29, 0.717) is 6.04 Å². The Morgan fingerprint density at radius 3 is 2.43 bits per heavy atom. The second-order valence-electron chi connectivity index (χ2n) is 5.90. The fourth-order valence-corrected chi connectivity index (χ4v) is 3.10. The molecule has 1 aromatic carbocycles. The molecule has 3 rings (SSSR count). The monoisotopic (exact) mass is 288 g/mol. The Kier molecular flexibility index (Phi) is 5.27. The van der Waals surface area contributed by atoms with Crippen LogP contribution in [0.25, 0.3) is 10.9 Å². The molecule has 0 radical (unpaired) electrons. The van der Waals surface area contributed by atoms with Crippen LogP contribution in [0.2, 0.25) is 0 Å². The highest BCUT2D eigenvalue weighted by molar-refractivity contribution is 5.81. The molecule has 1 aliphatic rings. The van der Waals surface area contributed by atoms with Gasteiger partial charge in [-0.15, -0.1) is 0 Å². The number of rotatable bonds is 2. The van der Waals surface area contributed by atoms with E-state index in [9.17, 15) is 0 Å². The van der Waals surface area contributed by atoms with Crippen molar-refractivity contribution in [2.24, 2.45) is 5.92 Å². The predicted molar refractivity (Wildman–Crippen MR) is 89.0 cm³/mol. The molecule has 116 valence electrons. The van der Waals surface area contributed by atoms with Gasteiger partial charge in [0.15, 0.2) is 0 Å². The molecule has 3 heteroatoms. The van der Waals surface area contributed by atoms with Crippen molar-refractivity contribution < 1.29 is 4.74 Å². The molecular weight excluding hydrogens is 260 g/mol. The van der Waals surface area contributed by atoms with Gasteiger partial charge >= 0.3 is 0 Å². The van der Waals surface area contributed by atoms with Crippen LogP contribution in [0.15, 0.2) is 18.3 Å². The molecule has 0 N–H and O–H groups in total. The lowest BCUT2D eigenvalue weighted by Gasteiger charge is -2.26. The molecule has 1 aromatic heterocycles. The van der Waals surface area contributed by atoms with Crippen molar-refractivity contribution in [1.82, 2.24) is 9.78 Å². The molecule has 21 heavy (non-hydrogen) atoms. The van der Waals surface area contributed by atoms with Crippen LogP contribution in [-0.2, 0) is 0 Å². The minimum atomic E-state index is 0.579. The lowest BCUT2D eigenvalue weighted by Crippen LogP contribution is -2.16. The summed E-state index contributed by atoms with van der Waals surface area (Å²) in [5.41, 5.74) is 2.22. The van der Waals surface area contributed by atoms with E-state index in [0.717, 1.165) is 17.2 Å². The number of methoxy groups -OCH3 is 1. The predicted octanol–water partition coefficient (Wildman–Crippen LogP) is 5.13. The summed E-state index contributed by atoms with van der Waals surface area (Å²) in [5, 5.41) is 5.97. The van der Waals surface area contributed by atoms with E-state index in [2.05, 4.69) is 30.8 Å². The van der Waals surface area contributed by atoms with Crippen molar-refractivity contribution in [1.29, 1.82) is 0 Å². The Labute approximate surface area is 128 Å². The third-order valence-electron chi connectivity index (χ3n) is 4.40. The van der Waals surface area contributed by atoms with Crippen LogP contribution in [0.3, 0.4) is 0 Å². The fraction of sp³-hybridized carbons (Fsp3) is 0.611. The molecule has 0 spiro atoms. The minimum Gasteiger partial charge on any atom is -0.496 e. The topological polar surface area (TPSA) is 27.1 Å². The number of aryl methyl sites for hydroxylation is 1. The van der Waals surface area contributed by atoms with Gasteiger partial charge in [0.05, 0.1) is 18.7 Å². The van der Waals surface area contributed by atoms with E-state index in [1.165, 1.54) is 36.6 Å². The summed E-state index contributed by atoms with van der Waals surface area (Å²) in [7, 11) is 1.72. The minimum absolute atomic E-state index is 0.579. The van der Waals surface area contributed by atoms with Gasteiger partial charge in [-0.05, 0) is 50.2 Å². The highest BCUT2D eigenvalue weighted by Gasteiger charge is 2.20. The van der Waals surface area contributed by atoms with Crippen LogP contribution in [0.4, 0.5) is 0 Å². The van der Waals surface area contributed by atoms with Gasteiger partial charge in [0, 0.05) is 17.6 Å². The summed E-state index contributed by atoms with van der Waals surface area (Å²) in [6.07, 6.45) is 7.35. The zero-order valence-electron chi connectivity index (χ0n) is 14.0. The zero-order chi connectivity index (χ0) is 15.4. The van der Waals surface area contributed by atoms with E-state index in [1.807, 2.05) is 19.9 Å². The Morgan fingerprint density at radius 1 is 1.14 bits per heavy atom. The van der Waals surface area contributed by atoms with E-state index in [1.54, 1.807) is 7.11 Å². The van der Waals surface area contributed by atoms with E-state index >= 15 is 0 Å². The maximum atomic E-state index is 5.37. The van der Waals surface area contributed by atoms with E-state index in [4.69, 9.17) is 9.84 Å². The standard InChI is InChI=1S/C16H22N2O.C2H6/c1-11-4-6-14(7-5-11)18-10-13-8-12(2)16(19-3)9-15(13)17-18;1-2/h8-11,14H,4-7H2,1-3H3;1-2H3. The number of fused-ring (bicyclic) bond motifs is 1. The Hall–Kier alpha value is -1.51. The van der Waals surface area contributed by atoms with Crippen molar-refractivity contribution in [3.05, 3.63) is 23.9 Å². The maximum absolute atomic E-state index is 5.37. The summed E-state index contributed by atoms with van der Waals surface area (Å²) < 4.78 is 7.55. The summed E-state index contributed by atoms with van der Waals surface area (Å²) in [5.74, 6) is 1.80. The quantitative estimate of drug-likeness (QED) is 0.766. The summed E-state index contributed by atoms with van der Waals surface area (Å²) in [6.45, 7) is 8.43. The molecule has 1 aliphatic carbocycles. The molecule has 2 aromatic rings. The average molecular weight is 288 g/mol. The van der Waals surface area contributed by atoms with Gasteiger partial charge in [0.1, 0.15) is 5.75 Å². The molecule has 0 unspecified atom stereocenters. The lowest BCUT2D eigenvalue weighted by molar-refractivity contribution is 0.275.